The van der Waals surface area contributed by atoms with Crippen molar-refractivity contribution in [3.8, 4) is 0 Å². The van der Waals surface area contributed by atoms with Crippen LogP contribution in [0.1, 0.15) is 39.2 Å². The molecule has 1 aromatic rings. The van der Waals surface area contributed by atoms with Crippen LogP contribution in [0, 0.1) is 0 Å². The van der Waals surface area contributed by atoms with Gasteiger partial charge in [-0.2, -0.15) is 0 Å². The van der Waals surface area contributed by atoms with Gasteiger partial charge in [0.15, 0.2) is 0 Å². The van der Waals surface area contributed by atoms with Crippen LogP contribution < -0.4 is 10.3 Å². The lowest BCUT2D eigenvalue weighted by atomic mass is 9.87. The van der Waals surface area contributed by atoms with E-state index in [4.69, 9.17) is 4.74 Å². The van der Waals surface area contributed by atoms with E-state index >= 15 is 0 Å². The van der Waals surface area contributed by atoms with E-state index in [-0.39, 0.29) is 29.1 Å². The summed E-state index contributed by atoms with van der Waals surface area (Å²) in [6.45, 7) is 8.11. The van der Waals surface area contributed by atoms with Gasteiger partial charge in [0.25, 0.3) is 10.0 Å². The third-order valence-electron chi connectivity index (χ3n) is 4.29. The van der Waals surface area contributed by atoms with Crippen molar-refractivity contribution in [2.75, 3.05) is 26.3 Å². The van der Waals surface area contributed by atoms with Crippen LogP contribution in [0.3, 0.4) is 0 Å². The third-order valence-corrected chi connectivity index (χ3v) is 5.55. The topological polar surface area (TPSA) is 105 Å². The maximum absolute atomic E-state index is 12.3. The minimum Gasteiger partial charge on any atom is -0.378 e. The minimum atomic E-state index is -3.87. The smallest absolute Gasteiger partial charge is 0.257 e. The molecule has 1 fully saturated rings. The van der Waals surface area contributed by atoms with Crippen molar-refractivity contribution >= 4 is 21.8 Å². The van der Waals surface area contributed by atoms with Gasteiger partial charge in [0, 0.05) is 25.9 Å². The summed E-state index contributed by atoms with van der Waals surface area (Å²) >= 11 is 0. The summed E-state index contributed by atoms with van der Waals surface area (Å²) in [4.78, 5) is 27.6. The predicted molar refractivity (Wildman–Crippen MR) is 100 cm³/mol. The number of rotatable bonds is 6. The van der Waals surface area contributed by atoms with Gasteiger partial charge in [-0.05, 0) is 23.1 Å². The fourth-order valence-corrected chi connectivity index (χ4v) is 3.43. The van der Waals surface area contributed by atoms with Crippen LogP contribution in [-0.2, 0) is 29.8 Å². The molecule has 0 aromatic heterocycles. The number of benzene rings is 1. The largest absolute Gasteiger partial charge is 0.378 e. The maximum Gasteiger partial charge on any atom is 0.257 e. The van der Waals surface area contributed by atoms with Gasteiger partial charge in [0.2, 0.25) is 11.8 Å². The van der Waals surface area contributed by atoms with Gasteiger partial charge in [-0.1, -0.05) is 32.9 Å². The highest BCUT2D eigenvalue weighted by Gasteiger charge is 2.20. The van der Waals surface area contributed by atoms with Crippen LogP contribution in [-0.4, -0.2) is 51.4 Å². The molecular weight excluding hydrogens is 370 g/mol. The molecule has 9 heteroatoms. The number of ether oxygens (including phenoxy) is 1. The number of nitrogens with zero attached hydrogens (tertiary/aromatic N) is 1. The number of carbonyl (C=O) groups excluding carboxylic acids is 2. The molecule has 0 aliphatic carbocycles. The van der Waals surface area contributed by atoms with E-state index in [9.17, 15) is 18.0 Å². The monoisotopic (exact) mass is 397 g/mol. The van der Waals surface area contributed by atoms with Gasteiger partial charge < -0.3 is 9.64 Å². The summed E-state index contributed by atoms with van der Waals surface area (Å²) in [6.07, 6.45) is -0.0739. The zero-order valence-electron chi connectivity index (χ0n) is 15.9. The molecule has 2 N–H and O–H groups in total. The summed E-state index contributed by atoms with van der Waals surface area (Å²) < 4.78 is 29.7. The summed E-state index contributed by atoms with van der Waals surface area (Å²) in [5, 5.41) is 0. The molecule has 27 heavy (non-hydrogen) atoms. The Morgan fingerprint density at radius 2 is 1.67 bits per heavy atom. The first kappa shape index (κ1) is 21.3. The molecule has 2 rings (SSSR count). The molecule has 1 aliphatic rings. The Morgan fingerprint density at radius 3 is 2.22 bits per heavy atom. The second-order valence-electron chi connectivity index (χ2n) is 7.42. The second kappa shape index (κ2) is 8.81. The summed E-state index contributed by atoms with van der Waals surface area (Å²) in [6, 6.07) is 6.49. The lowest BCUT2D eigenvalue weighted by Gasteiger charge is -2.26. The number of amides is 2. The summed E-state index contributed by atoms with van der Waals surface area (Å²) in [7, 11) is -3.87. The molecule has 150 valence electrons. The van der Waals surface area contributed by atoms with E-state index in [1.54, 1.807) is 17.0 Å². The number of hydrogen-bond acceptors (Lipinski definition) is 5. The Morgan fingerprint density at radius 1 is 1.07 bits per heavy atom. The van der Waals surface area contributed by atoms with E-state index in [1.807, 2.05) is 20.8 Å². The van der Waals surface area contributed by atoms with Crippen molar-refractivity contribution in [2.24, 2.45) is 0 Å². The van der Waals surface area contributed by atoms with E-state index < -0.39 is 15.9 Å². The zero-order valence-corrected chi connectivity index (χ0v) is 16.8. The van der Waals surface area contributed by atoms with Crippen LogP contribution in [0.4, 0.5) is 0 Å². The predicted octanol–water partition coefficient (Wildman–Crippen LogP) is 0.933. The molecule has 8 nitrogen and oxygen atoms in total. The summed E-state index contributed by atoms with van der Waals surface area (Å²) in [5.41, 5.74) is 3.07. The van der Waals surface area contributed by atoms with Gasteiger partial charge in [-0.3, -0.25) is 15.0 Å². The standard InChI is InChI=1S/C18H27N3O5S/c1-18(2,3)14-4-6-15(7-5-14)27(24,25)20-19-16(22)8-9-17(23)21-10-12-26-13-11-21/h4-7,20H,8-13H2,1-3H3,(H,19,22). The first-order valence-electron chi connectivity index (χ1n) is 8.86. The van der Waals surface area contributed by atoms with Crippen molar-refractivity contribution < 1.29 is 22.7 Å². The Labute approximate surface area is 160 Å². The Bertz CT molecular complexity index is 763. The van der Waals surface area contributed by atoms with Gasteiger partial charge in [-0.25, -0.2) is 8.42 Å². The van der Waals surface area contributed by atoms with Gasteiger partial charge in [0.1, 0.15) is 0 Å². The molecule has 1 aromatic carbocycles. The van der Waals surface area contributed by atoms with Crippen molar-refractivity contribution in [3.05, 3.63) is 29.8 Å². The first-order valence-corrected chi connectivity index (χ1v) is 10.3. The molecule has 1 aliphatic heterocycles. The highest BCUT2D eigenvalue weighted by molar-refractivity contribution is 7.89. The quantitative estimate of drug-likeness (QED) is 0.695. The molecule has 0 saturated carbocycles. The van der Waals surface area contributed by atoms with Crippen molar-refractivity contribution in [1.82, 2.24) is 15.2 Å². The molecule has 0 unspecified atom stereocenters. The highest BCUT2D eigenvalue weighted by atomic mass is 32.2. The average Bonchev–Trinajstić information content (AvgIpc) is 2.64. The number of morpholine rings is 1. The lowest BCUT2D eigenvalue weighted by molar-refractivity contribution is -0.137. The fourth-order valence-electron chi connectivity index (χ4n) is 2.57. The highest BCUT2D eigenvalue weighted by Crippen LogP contribution is 2.23. The van der Waals surface area contributed by atoms with E-state index in [0.717, 1.165) is 5.56 Å². The molecule has 1 saturated heterocycles. The number of carbonyl (C=O) groups is 2. The van der Waals surface area contributed by atoms with E-state index in [0.29, 0.717) is 26.3 Å². The molecule has 0 atom stereocenters. The van der Waals surface area contributed by atoms with E-state index in [1.165, 1.54) is 12.1 Å². The SMILES string of the molecule is CC(C)(C)c1ccc(S(=O)(=O)NNC(=O)CCC(=O)N2CCOCC2)cc1. The molecule has 2 amide bonds. The third kappa shape index (κ3) is 6.30. The average molecular weight is 397 g/mol. The minimum absolute atomic E-state index is 0.0217. The molecule has 1 heterocycles. The van der Waals surface area contributed by atoms with Crippen LogP contribution in [0.15, 0.2) is 29.2 Å². The van der Waals surface area contributed by atoms with Crippen LogP contribution >= 0.6 is 0 Å². The Balaban J connectivity index is 1.83. The van der Waals surface area contributed by atoms with Gasteiger partial charge in [-0.15, -0.1) is 4.83 Å². The van der Waals surface area contributed by atoms with Crippen molar-refractivity contribution in [3.63, 3.8) is 0 Å². The molecule has 0 radical (unpaired) electrons. The van der Waals surface area contributed by atoms with E-state index in [2.05, 4.69) is 10.3 Å². The lowest BCUT2D eigenvalue weighted by Crippen LogP contribution is -2.43. The zero-order chi connectivity index (χ0) is 20.1. The Kier molecular flexibility index (Phi) is 6.96. The normalized spacial score (nSPS) is 15.4. The first-order chi connectivity index (χ1) is 12.6. The number of nitrogens with one attached hydrogen (secondary N) is 2. The van der Waals surface area contributed by atoms with Crippen molar-refractivity contribution in [2.45, 2.75) is 43.9 Å². The van der Waals surface area contributed by atoms with Crippen LogP contribution in [0.5, 0.6) is 0 Å². The molecule has 0 spiro atoms. The summed E-state index contributed by atoms with van der Waals surface area (Å²) in [5.74, 6) is -0.708. The Hall–Kier alpha value is -1.97. The van der Waals surface area contributed by atoms with Crippen LogP contribution in [0.25, 0.3) is 0 Å². The maximum atomic E-state index is 12.3. The van der Waals surface area contributed by atoms with Crippen molar-refractivity contribution in [1.29, 1.82) is 0 Å². The van der Waals surface area contributed by atoms with Gasteiger partial charge >= 0.3 is 0 Å². The van der Waals surface area contributed by atoms with Gasteiger partial charge in [0.05, 0.1) is 18.1 Å². The number of hydrazine groups is 1. The number of hydrogen-bond donors (Lipinski definition) is 2. The number of sulfonamides is 1. The molecular formula is C18H27N3O5S. The fraction of sp³-hybridized carbons (Fsp3) is 0.556. The molecule has 0 bridgehead atoms. The second-order valence-corrected chi connectivity index (χ2v) is 9.10. The van der Waals surface area contributed by atoms with Crippen LogP contribution in [0.2, 0.25) is 0 Å².